The van der Waals surface area contributed by atoms with Gasteiger partial charge in [-0.2, -0.15) is 0 Å². The first-order valence-electron chi connectivity index (χ1n) is 9.90. The molecule has 3 aromatic heterocycles. The lowest BCUT2D eigenvalue weighted by atomic mass is 9.91. The summed E-state index contributed by atoms with van der Waals surface area (Å²) in [5, 5.41) is 5.60. The van der Waals surface area contributed by atoms with Gasteiger partial charge in [-0.15, -0.1) is 0 Å². The predicted molar refractivity (Wildman–Crippen MR) is 113 cm³/mol. The highest BCUT2D eigenvalue weighted by atomic mass is 15.1. The van der Waals surface area contributed by atoms with Crippen molar-refractivity contribution < 1.29 is 0 Å². The van der Waals surface area contributed by atoms with Crippen LogP contribution in [0.25, 0.3) is 33.1 Å². The molecule has 142 valence electrons. The Morgan fingerprint density at radius 3 is 2.89 bits per heavy atom. The van der Waals surface area contributed by atoms with E-state index in [4.69, 9.17) is 10.7 Å². The molecular formula is C22H24N6. The van der Waals surface area contributed by atoms with Crippen molar-refractivity contribution in [3.63, 3.8) is 0 Å². The zero-order valence-corrected chi connectivity index (χ0v) is 15.9. The Hall–Kier alpha value is -2.99. The number of aromatic amines is 1. The van der Waals surface area contributed by atoms with Crippen molar-refractivity contribution >= 4 is 27.8 Å². The van der Waals surface area contributed by atoms with Gasteiger partial charge in [-0.25, -0.2) is 9.97 Å². The number of H-pyrrole nitrogens is 1. The molecule has 0 radical (unpaired) electrons. The largest absolute Gasteiger partial charge is 0.354 e. The molecule has 0 spiro atoms. The summed E-state index contributed by atoms with van der Waals surface area (Å²) >= 11 is 0. The molecule has 1 saturated carbocycles. The minimum Gasteiger partial charge on any atom is -0.354 e. The molecule has 1 aliphatic carbocycles. The second-order valence-electron chi connectivity index (χ2n) is 7.74. The molecule has 2 atom stereocenters. The fourth-order valence-corrected chi connectivity index (χ4v) is 4.18. The maximum atomic E-state index is 6.28. The number of nitrogens with zero attached hydrogens (tertiary/aromatic N) is 3. The maximum absolute atomic E-state index is 6.28. The molecule has 0 bridgehead atoms. The number of anilines is 1. The van der Waals surface area contributed by atoms with Gasteiger partial charge in [0.05, 0.1) is 11.2 Å². The topological polar surface area (TPSA) is 92.5 Å². The molecule has 1 aliphatic rings. The Labute approximate surface area is 163 Å². The SMILES string of the molecule is Cc1cccc2[nH]c(-c3cncc4cnc(N[C@H]5CCCC[C@H]5N)nc34)cc12. The van der Waals surface area contributed by atoms with Crippen LogP contribution in [0.3, 0.4) is 0 Å². The number of benzene rings is 1. The summed E-state index contributed by atoms with van der Waals surface area (Å²) in [5.41, 5.74) is 11.5. The Morgan fingerprint density at radius 1 is 1.14 bits per heavy atom. The molecule has 4 aromatic rings. The number of nitrogens with two attached hydrogens (primary N) is 1. The molecule has 28 heavy (non-hydrogen) atoms. The van der Waals surface area contributed by atoms with Crippen LogP contribution in [-0.2, 0) is 0 Å². The van der Waals surface area contributed by atoms with Crippen LogP contribution in [0.2, 0.25) is 0 Å². The van der Waals surface area contributed by atoms with E-state index in [0.29, 0.717) is 5.95 Å². The summed E-state index contributed by atoms with van der Waals surface area (Å²) in [7, 11) is 0. The highest BCUT2D eigenvalue weighted by Gasteiger charge is 2.22. The van der Waals surface area contributed by atoms with Crippen LogP contribution in [0, 0.1) is 6.92 Å². The van der Waals surface area contributed by atoms with Gasteiger partial charge < -0.3 is 16.0 Å². The fraction of sp³-hybridized carbons (Fsp3) is 0.318. The predicted octanol–water partition coefficient (Wildman–Crippen LogP) is 4.16. The molecule has 3 heterocycles. The van der Waals surface area contributed by atoms with Crippen molar-refractivity contribution in [2.45, 2.75) is 44.7 Å². The number of fused-ring (bicyclic) bond motifs is 2. The monoisotopic (exact) mass is 372 g/mol. The first-order chi connectivity index (χ1) is 13.7. The van der Waals surface area contributed by atoms with E-state index in [1.807, 2.05) is 18.6 Å². The minimum atomic E-state index is 0.154. The Morgan fingerprint density at radius 2 is 2.04 bits per heavy atom. The second kappa shape index (κ2) is 6.87. The summed E-state index contributed by atoms with van der Waals surface area (Å²) in [4.78, 5) is 17.2. The maximum Gasteiger partial charge on any atom is 0.223 e. The van der Waals surface area contributed by atoms with Gasteiger partial charge in [-0.1, -0.05) is 25.0 Å². The quantitative estimate of drug-likeness (QED) is 0.502. The van der Waals surface area contributed by atoms with Gasteiger partial charge in [-0.05, 0) is 37.5 Å². The van der Waals surface area contributed by atoms with Crippen molar-refractivity contribution in [2.24, 2.45) is 5.73 Å². The Kier molecular flexibility index (Phi) is 4.20. The van der Waals surface area contributed by atoms with Crippen LogP contribution in [0.5, 0.6) is 0 Å². The van der Waals surface area contributed by atoms with Crippen LogP contribution in [0.4, 0.5) is 5.95 Å². The summed E-state index contributed by atoms with van der Waals surface area (Å²) in [5.74, 6) is 0.634. The highest BCUT2D eigenvalue weighted by molar-refractivity contribution is 5.96. The molecule has 0 amide bonds. The number of nitrogens with one attached hydrogen (secondary N) is 2. The minimum absolute atomic E-state index is 0.154. The molecule has 6 nitrogen and oxygen atoms in total. The van der Waals surface area contributed by atoms with Gasteiger partial charge >= 0.3 is 0 Å². The third-order valence-corrected chi connectivity index (χ3v) is 5.80. The van der Waals surface area contributed by atoms with Crippen molar-refractivity contribution in [1.82, 2.24) is 19.9 Å². The number of aromatic nitrogens is 4. The average molecular weight is 372 g/mol. The van der Waals surface area contributed by atoms with Crippen LogP contribution in [-0.4, -0.2) is 32.0 Å². The zero-order valence-electron chi connectivity index (χ0n) is 15.9. The summed E-state index contributed by atoms with van der Waals surface area (Å²) in [6.07, 6.45) is 10.0. The summed E-state index contributed by atoms with van der Waals surface area (Å²) < 4.78 is 0. The molecule has 1 fully saturated rings. The summed E-state index contributed by atoms with van der Waals surface area (Å²) in [6.45, 7) is 2.12. The van der Waals surface area contributed by atoms with E-state index in [2.05, 4.69) is 51.5 Å². The van der Waals surface area contributed by atoms with E-state index < -0.39 is 0 Å². The molecule has 4 N–H and O–H groups in total. The van der Waals surface area contributed by atoms with Crippen LogP contribution in [0.1, 0.15) is 31.2 Å². The smallest absolute Gasteiger partial charge is 0.223 e. The summed E-state index contributed by atoms with van der Waals surface area (Å²) in [6, 6.07) is 8.84. The lowest BCUT2D eigenvalue weighted by Gasteiger charge is -2.29. The Balaban J connectivity index is 1.57. The van der Waals surface area contributed by atoms with Gasteiger partial charge in [0.1, 0.15) is 0 Å². The van der Waals surface area contributed by atoms with Crippen molar-refractivity contribution in [3.8, 4) is 11.3 Å². The third-order valence-electron chi connectivity index (χ3n) is 5.80. The van der Waals surface area contributed by atoms with Gasteiger partial charge in [-0.3, -0.25) is 4.98 Å². The Bertz CT molecular complexity index is 1150. The number of hydrogen-bond donors (Lipinski definition) is 3. The molecule has 0 saturated heterocycles. The average Bonchev–Trinajstić information content (AvgIpc) is 3.15. The van der Waals surface area contributed by atoms with Crippen LogP contribution >= 0.6 is 0 Å². The number of hydrogen-bond acceptors (Lipinski definition) is 5. The number of rotatable bonds is 3. The lowest BCUT2D eigenvalue weighted by molar-refractivity contribution is 0.402. The van der Waals surface area contributed by atoms with E-state index in [-0.39, 0.29) is 12.1 Å². The van der Waals surface area contributed by atoms with Crippen molar-refractivity contribution in [1.29, 1.82) is 0 Å². The van der Waals surface area contributed by atoms with Crippen LogP contribution in [0.15, 0.2) is 42.9 Å². The highest BCUT2D eigenvalue weighted by Crippen LogP contribution is 2.30. The first kappa shape index (κ1) is 17.1. The van der Waals surface area contributed by atoms with E-state index in [0.717, 1.165) is 40.5 Å². The first-order valence-corrected chi connectivity index (χ1v) is 9.90. The van der Waals surface area contributed by atoms with E-state index in [9.17, 15) is 0 Å². The van der Waals surface area contributed by atoms with Gasteiger partial charge in [0.2, 0.25) is 5.95 Å². The molecule has 0 aliphatic heterocycles. The van der Waals surface area contributed by atoms with Crippen molar-refractivity contribution in [3.05, 3.63) is 48.4 Å². The molecule has 1 aromatic carbocycles. The standard InChI is InChI=1S/C22H24N6/c1-13-5-4-8-18-15(13)9-20(26-18)16-12-24-10-14-11-25-22(28-21(14)16)27-19-7-3-2-6-17(19)23/h4-5,8-12,17,19,26H,2-3,6-7,23H2,1H3,(H,25,27,28)/t17-,19+/m1/s1. The zero-order chi connectivity index (χ0) is 19.1. The fourth-order valence-electron chi connectivity index (χ4n) is 4.18. The van der Waals surface area contributed by atoms with E-state index in [1.54, 1.807) is 0 Å². The van der Waals surface area contributed by atoms with E-state index in [1.165, 1.54) is 23.8 Å². The normalized spacial score (nSPS) is 19.9. The molecule has 5 rings (SSSR count). The number of aryl methyl sites for hydroxylation is 1. The molecule has 6 heteroatoms. The second-order valence-corrected chi connectivity index (χ2v) is 7.74. The van der Waals surface area contributed by atoms with Gasteiger partial charge in [0, 0.05) is 52.5 Å². The lowest BCUT2D eigenvalue weighted by Crippen LogP contribution is -2.42. The van der Waals surface area contributed by atoms with Crippen LogP contribution < -0.4 is 11.1 Å². The number of pyridine rings is 1. The van der Waals surface area contributed by atoms with E-state index >= 15 is 0 Å². The van der Waals surface area contributed by atoms with Gasteiger partial charge in [0.25, 0.3) is 0 Å². The third kappa shape index (κ3) is 2.99. The molecular weight excluding hydrogens is 348 g/mol. The van der Waals surface area contributed by atoms with Gasteiger partial charge in [0.15, 0.2) is 0 Å². The van der Waals surface area contributed by atoms with Crippen molar-refractivity contribution in [2.75, 3.05) is 5.32 Å². The molecule has 0 unspecified atom stereocenters.